The van der Waals surface area contributed by atoms with Crippen LogP contribution in [0.4, 0.5) is 4.79 Å². The van der Waals surface area contributed by atoms with Crippen molar-refractivity contribution in [1.29, 1.82) is 0 Å². The molecule has 106 valence electrons. The molecule has 0 aliphatic heterocycles. The zero-order valence-corrected chi connectivity index (χ0v) is 11.6. The van der Waals surface area contributed by atoms with Crippen molar-refractivity contribution in [3.8, 4) is 5.88 Å². The highest BCUT2D eigenvalue weighted by molar-refractivity contribution is 5.60. The van der Waals surface area contributed by atoms with E-state index in [0.717, 1.165) is 18.4 Å². The molecule has 1 rings (SSSR count). The van der Waals surface area contributed by atoms with Crippen LogP contribution in [0.5, 0.6) is 5.88 Å². The van der Waals surface area contributed by atoms with Gasteiger partial charge in [-0.2, -0.15) is 0 Å². The fourth-order valence-electron chi connectivity index (χ4n) is 2.06. The van der Waals surface area contributed by atoms with Crippen molar-refractivity contribution in [2.45, 2.75) is 58.3 Å². The molecule has 1 N–H and O–H groups in total. The summed E-state index contributed by atoms with van der Waals surface area (Å²) >= 11 is 0. The summed E-state index contributed by atoms with van der Waals surface area (Å²) < 4.78 is 4.66. The molecule has 0 aliphatic rings. The number of unbranched alkanes of at least 4 members (excludes halogenated alkanes) is 6. The Hall–Kier alpha value is -1.58. The summed E-state index contributed by atoms with van der Waals surface area (Å²) in [6.07, 6.45) is 9.73. The third-order valence-corrected chi connectivity index (χ3v) is 3.08. The van der Waals surface area contributed by atoms with Crippen molar-refractivity contribution in [2.75, 3.05) is 0 Å². The fourth-order valence-corrected chi connectivity index (χ4v) is 2.06. The summed E-state index contributed by atoms with van der Waals surface area (Å²) in [7, 11) is 0. The second kappa shape index (κ2) is 9.36. The summed E-state index contributed by atoms with van der Waals surface area (Å²) in [5.74, 6) is 0.223. The SMILES string of the molecule is CCCCCCCCCc1cccnc1OC(=O)O. The van der Waals surface area contributed by atoms with Crippen LogP contribution < -0.4 is 4.74 Å². The van der Waals surface area contributed by atoms with E-state index in [1.165, 1.54) is 38.5 Å². The van der Waals surface area contributed by atoms with E-state index in [-0.39, 0.29) is 5.88 Å². The largest absolute Gasteiger partial charge is 0.512 e. The zero-order valence-electron chi connectivity index (χ0n) is 11.6. The average molecular weight is 265 g/mol. The van der Waals surface area contributed by atoms with E-state index in [2.05, 4.69) is 16.6 Å². The molecule has 1 aromatic rings. The first kappa shape index (κ1) is 15.5. The van der Waals surface area contributed by atoms with Crippen LogP contribution in [0.15, 0.2) is 18.3 Å². The van der Waals surface area contributed by atoms with Gasteiger partial charge in [0.2, 0.25) is 5.88 Å². The molecular formula is C15H23NO3. The van der Waals surface area contributed by atoms with Crippen molar-refractivity contribution < 1.29 is 14.6 Å². The van der Waals surface area contributed by atoms with Gasteiger partial charge in [0.25, 0.3) is 0 Å². The van der Waals surface area contributed by atoms with E-state index < -0.39 is 6.16 Å². The van der Waals surface area contributed by atoms with Gasteiger partial charge in [0.05, 0.1) is 0 Å². The first-order valence-electron chi connectivity index (χ1n) is 7.08. The molecule has 0 unspecified atom stereocenters. The number of rotatable bonds is 9. The third-order valence-electron chi connectivity index (χ3n) is 3.08. The Balaban J connectivity index is 2.26. The Kier molecular flexibility index (Phi) is 7.63. The van der Waals surface area contributed by atoms with Gasteiger partial charge in [0.1, 0.15) is 0 Å². The number of aromatic nitrogens is 1. The Bertz CT molecular complexity index is 379. The van der Waals surface area contributed by atoms with Crippen molar-refractivity contribution in [3.05, 3.63) is 23.9 Å². The molecule has 0 saturated heterocycles. The molecule has 1 aromatic heterocycles. The number of nitrogens with zero attached hydrogens (tertiary/aromatic N) is 1. The number of hydrogen-bond donors (Lipinski definition) is 1. The molecule has 0 radical (unpaired) electrons. The molecule has 0 aromatic carbocycles. The third kappa shape index (κ3) is 6.79. The van der Waals surface area contributed by atoms with Crippen LogP contribution in [0.25, 0.3) is 0 Å². The monoisotopic (exact) mass is 265 g/mol. The van der Waals surface area contributed by atoms with E-state index in [4.69, 9.17) is 5.11 Å². The van der Waals surface area contributed by atoms with Gasteiger partial charge < -0.3 is 9.84 Å². The Labute approximate surface area is 114 Å². The fraction of sp³-hybridized carbons (Fsp3) is 0.600. The molecule has 0 fully saturated rings. The maximum atomic E-state index is 10.5. The van der Waals surface area contributed by atoms with Gasteiger partial charge in [-0.3, -0.25) is 0 Å². The van der Waals surface area contributed by atoms with Crippen LogP contribution in [0.3, 0.4) is 0 Å². The second-order valence-corrected chi connectivity index (χ2v) is 4.71. The summed E-state index contributed by atoms with van der Waals surface area (Å²) in [5.41, 5.74) is 0.874. The normalized spacial score (nSPS) is 10.4. The van der Waals surface area contributed by atoms with Crippen molar-refractivity contribution in [1.82, 2.24) is 4.98 Å². The van der Waals surface area contributed by atoms with E-state index >= 15 is 0 Å². The van der Waals surface area contributed by atoms with E-state index in [1.807, 2.05) is 12.1 Å². The minimum Gasteiger partial charge on any atom is -0.449 e. The van der Waals surface area contributed by atoms with Gasteiger partial charge in [-0.15, -0.1) is 0 Å². The van der Waals surface area contributed by atoms with Crippen molar-refractivity contribution >= 4 is 6.16 Å². The molecule has 19 heavy (non-hydrogen) atoms. The maximum Gasteiger partial charge on any atom is 0.512 e. The van der Waals surface area contributed by atoms with Gasteiger partial charge in [0.15, 0.2) is 0 Å². The minimum absolute atomic E-state index is 0.223. The van der Waals surface area contributed by atoms with E-state index in [0.29, 0.717) is 0 Å². The van der Waals surface area contributed by atoms with Gasteiger partial charge >= 0.3 is 6.16 Å². The molecular weight excluding hydrogens is 242 g/mol. The van der Waals surface area contributed by atoms with Crippen LogP contribution in [-0.4, -0.2) is 16.2 Å². The predicted octanol–water partition coefficient (Wildman–Crippen LogP) is 4.43. The lowest BCUT2D eigenvalue weighted by Gasteiger charge is -2.06. The zero-order chi connectivity index (χ0) is 13.9. The van der Waals surface area contributed by atoms with Gasteiger partial charge in [-0.1, -0.05) is 51.5 Å². The molecule has 0 atom stereocenters. The average Bonchev–Trinajstić information content (AvgIpc) is 2.39. The van der Waals surface area contributed by atoms with Crippen LogP contribution in [-0.2, 0) is 6.42 Å². The Morgan fingerprint density at radius 2 is 1.89 bits per heavy atom. The van der Waals surface area contributed by atoms with Gasteiger partial charge in [-0.05, 0) is 18.9 Å². The lowest BCUT2D eigenvalue weighted by molar-refractivity contribution is 0.142. The molecule has 1 heterocycles. The maximum absolute atomic E-state index is 10.5. The number of ether oxygens (including phenoxy) is 1. The highest BCUT2D eigenvalue weighted by Crippen LogP contribution is 2.18. The van der Waals surface area contributed by atoms with Crippen molar-refractivity contribution in [2.24, 2.45) is 0 Å². The van der Waals surface area contributed by atoms with E-state index in [9.17, 15) is 4.79 Å². The Morgan fingerprint density at radius 1 is 1.21 bits per heavy atom. The Morgan fingerprint density at radius 3 is 2.58 bits per heavy atom. The van der Waals surface area contributed by atoms with E-state index in [1.54, 1.807) is 6.20 Å². The quantitative estimate of drug-likeness (QED) is 0.530. The first-order valence-corrected chi connectivity index (χ1v) is 7.08. The predicted molar refractivity (Wildman–Crippen MR) is 74.6 cm³/mol. The number of pyridine rings is 1. The summed E-state index contributed by atoms with van der Waals surface area (Å²) in [5, 5.41) is 8.62. The lowest BCUT2D eigenvalue weighted by Crippen LogP contribution is -2.06. The number of aryl methyl sites for hydroxylation is 1. The summed E-state index contributed by atoms with van der Waals surface area (Å²) in [4.78, 5) is 14.5. The first-order chi connectivity index (χ1) is 9.24. The standard InChI is InChI=1S/C15H23NO3/c1-2-3-4-5-6-7-8-10-13-11-9-12-16-14(13)19-15(17)18/h9,11-12H,2-8,10H2,1H3,(H,17,18). The molecule has 0 bridgehead atoms. The molecule has 4 nitrogen and oxygen atoms in total. The smallest absolute Gasteiger partial charge is 0.449 e. The molecule has 0 saturated carbocycles. The molecule has 0 amide bonds. The number of carbonyl (C=O) groups is 1. The molecule has 0 aliphatic carbocycles. The lowest BCUT2D eigenvalue weighted by atomic mass is 10.1. The molecule has 4 heteroatoms. The topological polar surface area (TPSA) is 59.4 Å². The van der Waals surface area contributed by atoms with Gasteiger partial charge in [-0.25, -0.2) is 9.78 Å². The van der Waals surface area contributed by atoms with Crippen LogP contribution in [0.2, 0.25) is 0 Å². The summed E-state index contributed by atoms with van der Waals surface area (Å²) in [6.45, 7) is 2.21. The van der Waals surface area contributed by atoms with Gasteiger partial charge in [0, 0.05) is 11.8 Å². The van der Waals surface area contributed by atoms with Crippen LogP contribution >= 0.6 is 0 Å². The van der Waals surface area contributed by atoms with Crippen LogP contribution in [0.1, 0.15) is 57.4 Å². The minimum atomic E-state index is -1.31. The highest BCUT2D eigenvalue weighted by Gasteiger charge is 2.08. The van der Waals surface area contributed by atoms with Crippen molar-refractivity contribution in [3.63, 3.8) is 0 Å². The number of carboxylic acid groups (broad SMARTS) is 1. The number of hydrogen-bond acceptors (Lipinski definition) is 3. The summed E-state index contributed by atoms with van der Waals surface area (Å²) in [6, 6.07) is 3.69. The second-order valence-electron chi connectivity index (χ2n) is 4.71. The molecule has 0 spiro atoms. The van der Waals surface area contributed by atoms with Crippen LogP contribution in [0, 0.1) is 0 Å². The highest BCUT2D eigenvalue weighted by atomic mass is 16.7.